The molecule has 0 atom stereocenters. The van der Waals surface area contributed by atoms with Crippen LogP contribution in [-0.4, -0.2) is 23.0 Å². The molecule has 0 radical (unpaired) electrons. The number of nitrogens with one attached hydrogen (secondary N) is 2. The van der Waals surface area contributed by atoms with E-state index in [2.05, 4.69) is 20.6 Å². The highest BCUT2D eigenvalue weighted by molar-refractivity contribution is 5.92. The molecule has 0 saturated carbocycles. The lowest BCUT2D eigenvalue weighted by molar-refractivity contribution is 0.0945. The van der Waals surface area contributed by atoms with Gasteiger partial charge in [0.25, 0.3) is 5.91 Å². The van der Waals surface area contributed by atoms with Crippen LogP contribution in [0.25, 0.3) is 0 Å². The fraction of sp³-hybridized carbons (Fsp3) is 0.211. The fourth-order valence-corrected chi connectivity index (χ4v) is 2.38. The van der Waals surface area contributed by atoms with E-state index in [9.17, 15) is 4.79 Å². The predicted molar refractivity (Wildman–Crippen MR) is 97.0 cm³/mol. The monoisotopic (exact) mass is 352 g/mol. The Hall–Kier alpha value is -3.35. The zero-order valence-electron chi connectivity index (χ0n) is 14.7. The zero-order valence-corrected chi connectivity index (χ0v) is 14.7. The van der Waals surface area contributed by atoms with Gasteiger partial charge >= 0.3 is 0 Å². The van der Waals surface area contributed by atoms with E-state index in [0.717, 1.165) is 17.1 Å². The molecule has 2 heterocycles. The first-order valence-electron chi connectivity index (χ1n) is 8.17. The van der Waals surface area contributed by atoms with E-state index in [1.165, 1.54) is 0 Å². The van der Waals surface area contributed by atoms with Gasteiger partial charge in [0.2, 0.25) is 0 Å². The third kappa shape index (κ3) is 4.60. The van der Waals surface area contributed by atoms with Crippen molar-refractivity contribution >= 4 is 11.7 Å². The van der Waals surface area contributed by atoms with Crippen LogP contribution in [0.4, 0.5) is 5.82 Å². The molecule has 1 amide bonds. The summed E-state index contributed by atoms with van der Waals surface area (Å²) < 4.78 is 10.4. The van der Waals surface area contributed by atoms with Crippen LogP contribution >= 0.6 is 0 Å². The SMILES string of the molecule is COc1ccc(CNC(=O)c2cc(NCc3ccco3)nc(C)n2)cc1. The molecule has 0 aliphatic carbocycles. The highest BCUT2D eigenvalue weighted by Gasteiger charge is 2.11. The van der Waals surface area contributed by atoms with E-state index in [4.69, 9.17) is 9.15 Å². The van der Waals surface area contributed by atoms with E-state index < -0.39 is 0 Å². The second-order valence-electron chi connectivity index (χ2n) is 5.65. The van der Waals surface area contributed by atoms with Gasteiger partial charge in [-0.05, 0) is 36.8 Å². The summed E-state index contributed by atoms with van der Waals surface area (Å²) in [4.78, 5) is 20.9. The molecule has 26 heavy (non-hydrogen) atoms. The van der Waals surface area contributed by atoms with Gasteiger partial charge in [-0.25, -0.2) is 9.97 Å². The minimum absolute atomic E-state index is 0.257. The van der Waals surface area contributed by atoms with Gasteiger partial charge in [0, 0.05) is 12.6 Å². The Balaban J connectivity index is 1.62. The maximum Gasteiger partial charge on any atom is 0.270 e. The van der Waals surface area contributed by atoms with Gasteiger partial charge in [-0.1, -0.05) is 12.1 Å². The smallest absolute Gasteiger partial charge is 0.270 e. The topological polar surface area (TPSA) is 89.3 Å². The van der Waals surface area contributed by atoms with Crippen molar-refractivity contribution in [2.24, 2.45) is 0 Å². The van der Waals surface area contributed by atoms with Gasteiger partial charge in [0.15, 0.2) is 0 Å². The Bertz CT molecular complexity index is 861. The predicted octanol–water partition coefficient (Wildman–Crippen LogP) is 2.93. The van der Waals surface area contributed by atoms with E-state index in [-0.39, 0.29) is 5.91 Å². The lowest BCUT2D eigenvalue weighted by Gasteiger charge is -2.09. The number of methoxy groups -OCH3 is 1. The third-order valence-corrected chi connectivity index (χ3v) is 3.71. The number of aromatic nitrogens is 2. The summed E-state index contributed by atoms with van der Waals surface area (Å²) in [6, 6.07) is 12.8. The second-order valence-corrected chi connectivity index (χ2v) is 5.65. The quantitative estimate of drug-likeness (QED) is 0.680. The molecule has 0 unspecified atom stereocenters. The number of nitrogens with zero attached hydrogens (tertiary/aromatic N) is 2. The van der Waals surface area contributed by atoms with Crippen molar-refractivity contribution in [2.45, 2.75) is 20.0 Å². The normalized spacial score (nSPS) is 10.4. The molecule has 0 aliphatic rings. The number of anilines is 1. The van der Waals surface area contributed by atoms with Crippen LogP contribution in [0.3, 0.4) is 0 Å². The minimum Gasteiger partial charge on any atom is -0.497 e. The van der Waals surface area contributed by atoms with Crippen molar-refractivity contribution in [1.82, 2.24) is 15.3 Å². The fourth-order valence-electron chi connectivity index (χ4n) is 2.38. The summed E-state index contributed by atoms with van der Waals surface area (Å²) in [5.74, 6) is 2.39. The molecule has 134 valence electrons. The van der Waals surface area contributed by atoms with Gasteiger partial charge in [-0.3, -0.25) is 4.79 Å². The Kier molecular flexibility index (Phi) is 5.48. The molecule has 2 aromatic heterocycles. The van der Waals surface area contributed by atoms with Crippen LogP contribution in [0.15, 0.2) is 53.1 Å². The highest BCUT2D eigenvalue weighted by atomic mass is 16.5. The minimum atomic E-state index is -0.257. The molecule has 7 heteroatoms. The zero-order chi connectivity index (χ0) is 18.4. The molecule has 0 spiro atoms. The lowest BCUT2D eigenvalue weighted by atomic mass is 10.2. The van der Waals surface area contributed by atoms with Gasteiger partial charge in [0.1, 0.15) is 28.8 Å². The number of furan rings is 1. The van der Waals surface area contributed by atoms with Crippen molar-refractivity contribution in [3.05, 3.63) is 71.6 Å². The number of ether oxygens (including phenoxy) is 1. The molecule has 3 rings (SSSR count). The summed E-state index contributed by atoms with van der Waals surface area (Å²) in [6.45, 7) is 2.63. The first-order valence-corrected chi connectivity index (χ1v) is 8.17. The molecule has 7 nitrogen and oxygen atoms in total. The molecule has 0 fully saturated rings. The number of carbonyl (C=O) groups excluding carboxylic acids is 1. The average Bonchev–Trinajstić information content (AvgIpc) is 3.18. The summed E-state index contributed by atoms with van der Waals surface area (Å²) in [5.41, 5.74) is 1.29. The van der Waals surface area contributed by atoms with Crippen molar-refractivity contribution in [2.75, 3.05) is 12.4 Å². The van der Waals surface area contributed by atoms with Crippen LogP contribution in [0.2, 0.25) is 0 Å². The molecular formula is C19H20N4O3. The Labute approximate surface area is 151 Å². The van der Waals surface area contributed by atoms with Crippen LogP contribution in [-0.2, 0) is 13.1 Å². The van der Waals surface area contributed by atoms with Crippen molar-refractivity contribution in [3.63, 3.8) is 0 Å². The van der Waals surface area contributed by atoms with E-state index in [1.54, 1.807) is 26.4 Å². The number of hydrogen-bond acceptors (Lipinski definition) is 6. The van der Waals surface area contributed by atoms with Gasteiger partial charge in [-0.2, -0.15) is 0 Å². The van der Waals surface area contributed by atoms with Gasteiger partial charge < -0.3 is 19.8 Å². The van der Waals surface area contributed by atoms with E-state index in [0.29, 0.717) is 30.4 Å². The molecule has 0 aliphatic heterocycles. The summed E-state index contributed by atoms with van der Waals surface area (Å²) in [5, 5.41) is 5.99. The number of benzene rings is 1. The molecule has 3 aromatic rings. The lowest BCUT2D eigenvalue weighted by Crippen LogP contribution is -2.24. The van der Waals surface area contributed by atoms with E-state index >= 15 is 0 Å². The highest BCUT2D eigenvalue weighted by Crippen LogP contribution is 2.12. The van der Waals surface area contributed by atoms with Crippen LogP contribution in [0, 0.1) is 6.92 Å². The molecular weight excluding hydrogens is 332 g/mol. The maximum atomic E-state index is 12.4. The van der Waals surface area contributed by atoms with E-state index in [1.807, 2.05) is 36.4 Å². The number of aryl methyl sites for hydroxylation is 1. The number of amides is 1. The van der Waals surface area contributed by atoms with Crippen LogP contribution in [0.1, 0.15) is 27.6 Å². The summed E-state index contributed by atoms with van der Waals surface area (Å²) in [7, 11) is 1.62. The van der Waals surface area contributed by atoms with Crippen LogP contribution in [0.5, 0.6) is 5.75 Å². The van der Waals surface area contributed by atoms with Crippen LogP contribution < -0.4 is 15.4 Å². The Morgan fingerprint density at radius 1 is 1.15 bits per heavy atom. The Morgan fingerprint density at radius 3 is 2.65 bits per heavy atom. The summed E-state index contributed by atoms with van der Waals surface area (Å²) >= 11 is 0. The first kappa shape index (κ1) is 17.5. The van der Waals surface area contributed by atoms with Crippen molar-refractivity contribution < 1.29 is 13.9 Å². The molecule has 2 N–H and O–H groups in total. The summed E-state index contributed by atoms with van der Waals surface area (Å²) in [6.07, 6.45) is 1.61. The number of hydrogen-bond donors (Lipinski definition) is 2. The van der Waals surface area contributed by atoms with Gasteiger partial charge in [0.05, 0.1) is 19.9 Å². The second kappa shape index (κ2) is 8.15. The van der Waals surface area contributed by atoms with Crippen molar-refractivity contribution in [3.8, 4) is 5.75 Å². The first-order chi connectivity index (χ1) is 12.6. The van der Waals surface area contributed by atoms with Gasteiger partial charge in [-0.15, -0.1) is 0 Å². The average molecular weight is 352 g/mol. The largest absolute Gasteiger partial charge is 0.497 e. The standard InChI is InChI=1S/C19H20N4O3/c1-13-22-17(10-18(23-13)20-12-16-4-3-9-26-16)19(24)21-11-14-5-7-15(25-2)8-6-14/h3-10H,11-12H2,1-2H3,(H,21,24)(H,20,22,23). The third-order valence-electron chi connectivity index (χ3n) is 3.71. The van der Waals surface area contributed by atoms with Crippen molar-refractivity contribution in [1.29, 1.82) is 0 Å². The number of rotatable bonds is 7. The molecule has 0 saturated heterocycles. The molecule has 0 bridgehead atoms. The maximum absolute atomic E-state index is 12.4. The molecule has 1 aromatic carbocycles. The number of carbonyl (C=O) groups is 1. The Morgan fingerprint density at radius 2 is 1.96 bits per heavy atom.